The van der Waals surface area contributed by atoms with Crippen molar-refractivity contribution in [2.75, 3.05) is 7.11 Å². The van der Waals surface area contributed by atoms with E-state index < -0.39 is 36.8 Å². The van der Waals surface area contributed by atoms with Crippen LogP contribution in [0.25, 0.3) is 0 Å². The first kappa shape index (κ1) is 14.0. The van der Waals surface area contributed by atoms with E-state index in [1.165, 1.54) is 0 Å². The van der Waals surface area contributed by atoms with Gasteiger partial charge >= 0.3 is 18.1 Å². The first-order valence-electron chi connectivity index (χ1n) is 4.71. The van der Waals surface area contributed by atoms with Crippen molar-refractivity contribution in [1.29, 1.82) is 0 Å². The smallest absolute Gasteiger partial charge is 0.390 e. The van der Waals surface area contributed by atoms with Crippen LogP contribution < -0.4 is 0 Å². The molecule has 0 aliphatic rings. The van der Waals surface area contributed by atoms with Gasteiger partial charge in [0.1, 0.15) is 5.69 Å². The van der Waals surface area contributed by atoms with Gasteiger partial charge in [-0.15, -0.1) is 0 Å². The number of aromatic carboxylic acids is 1. The number of methoxy groups -OCH3 is 1. The molecular formula is C9H9F3N2O4. The van der Waals surface area contributed by atoms with Gasteiger partial charge < -0.3 is 9.84 Å². The van der Waals surface area contributed by atoms with Crippen molar-refractivity contribution in [2.24, 2.45) is 0 Å². The number of aryl methyl sites for hydroxylation is 1. The molecule has 0 saturated heterocycles. The molecule has 18 heavy (non-hydrogen) atoms. The lowest BCUT2D eigenvalue weighted by atomic mass is 10.3. The molecule has 0 fully saturated rings. The monoisotopic (exact) mass is 266 g/mol. The van der Waals surface area contributed by atoms with E-state index in [1.807, 2.05) is 0 Å². The summed E-state index contributed by atoms with van der Waals surface area (Å²) in [5.74, 6) is -2.39. The van der Waals surface area contributed by atoms with Crippen molar-refractivity contribution in [3.05, 3.63) is 17.5 Å². The van der Waals surface area contributed by atoms with Gasteiger partial charge in [-0.1, -0.05) is 0 Å². The van der Waals surface area contributed by atoms with Gasteiger partial charge in [-0.05, 0) is 0 Å². The van der Waals surface area contributed by atoms with Gasteiger partial charge in [0.25, 0.3) is 0 Å². The number of carbonyl (C=O) groups excluding carboxylic acids is 1. The first-order chi connectivity index (χ1) is 8.24. The average molecular weight is 266 g/mol. The molecule has 1 aromatic heterocycles. The largest absolute Gasteiger partial charge is 0.476 e. The molecular weight excluding hydrogens is 257 g/mol. The van der Waals surface area contributed by atoms with Crippen molar-refractivity contribution in [2.45, 2.75) is 19.1 Å². The van der Waals surface area contributed by atoms with Crippen LogP contribution in [0.3, 0.4) is 0 Å². The van der Waals surface area contributed by atoms with Gasteiger partial charge in [-0.25, -0.2) is 9.59 Å². The molecule has 0 amide bonds. The summed E-state index contributed by atoms with van der Waals surface area (Å²) in [6.45, 7) is -0.652. The number of aromatic nitrogens is 2. The minimum absolute atomic E-state index is 0.334. The standard InChI is InChI=1S/C9H9F3N2O4/c1-18-8(17)6-4-5(7(15)16)13-14(6)3-2-9(10,11)12/h4H,2-3H2,1H3,(H,15,16). The van der Waals surface area contributed by atoms with E-state index in [4.69, 9.17) is 5.11 Å². The van der Waals surface area contributed by atoms with Crippen LogP contribution in [0, 0.1) is 0 Å². The number of halogens is 3. The van der Waals surface area contributed by atoms with Crippen molar-refractivity contribution in [1.82, 2.24) is 9.78 Å². The van der Waals surface area contributed by atoms with Gasteiger partial charge in [-0.2, -0.15) is 18.3 Å². The summed E-state index contributed by atoms with van der Waals surface area (Å²) < 4.78 is 41.1. The Hall–Kier alpha value is -2.06. The number of esters is 1. The minimum Gasteiger partial charge on any atom is -0.476 e. The van der Waals surface area contributed by atoms with Crippen molar-refractivity contribution < 1.29 is 32.6 Å². The Morgan fingerprint density at radius 1 is 1.50 bits per heavy atom. The first-order valence-corrected chi connectivity index (χ1v) is 4.71. The van der Waals surface area contributed by atoms with Crippen molar-refractivity contribution >= 4 is 11.9 Å². The number of alkyl halides is 3. The molecule has 0 aliphatic heterocycles. The predicted octanol–water partition coefficient (Wildman–Crippen LogP) is 1.32. The lowest BCUT2D eigenvalue weighted by molar-refractivity contribution is -0.137. The van der Waals surface area contributed by atoms with E-state index in [-0.39, 0.29) is 5.69 Å². The molecule has 0 radical (unpaired) electrons. The molecule has 1 N–H and O–H groups in total. The number of hydrogen-bond donors (Lipinski definition) is 1. The van der Waals surface area contributed by atoms with Crippen LogP contribution in [0.5, 0.6) is 0 Å². The third kappa shape index (κ3) is 3.47. The highest BCUT2D eigenvalue weighted by Crippen LogP contribution is 2.21. The summed E-state index contributed by atoms with van der Waals surface area (Å²) in [6, 6.07) is 0.866. The lowest BCUT2D eigenvalue weighted by Crippen LogP contribution is -2.17. The average Bonchev–Trinajstić information content (AvgIpc) is 2.68. The predicted molar refractivity (Wildman–Crippen MR) is 51.2 cm³/mol. The second kappa shape index (κ2) is 5.07. The number of carbonyl (C=O) groups is 2. The topological polar surface area (TPSA) is 81.4 Å². The highest BCUT2D eigenvalue weighted by Gasteiger charge is 2.28. The third-order valence-electron chi connectivity index (χ3n) is 2.00. The maximum absolute atomic E-state index is 12.0. The van der Waals surface area contributed by atoms with Crippen LogP contribution in [-0.4, -0.2) is 40.1 Å². The van der Waals surface area contributed by atoms with Crippen LogP contribution in [-0.2, 0) is 11.3 Å². The lowest BCUT2D eigenvalue weighted by Gasteiger charge is -2.08. The Bertz CT molecular complexity index is 467. The Labute approximate surface area is 99.0 Å². The second-order valence-corrected chi connectivity index (χ2v) is 3.30. The van der Waals surface area contributed by atoms with Crippen LogP contribution in [0.15, 0.2) is 6.07 Å². The number of carboxylic acid groups (broad SMARTS) is 1. The summed E-state index contributed by atoms with van der Waals surface area (Å²) in [4.78, 5) is 21.9. The molecule has 1 aromatic rings. The molecule has 1 heterocycles. The van der Waals surface area contributed by atoms with Gasteiger partial charge in [0.05, 0.1) is 20.1 Å². The third-order valence-corrected chi connectivity index (χ3v) is 2.00. The molecule has 9 heteroatoms. The molecule has 0 spiro atoms. The summed E-state index contributed by atoms with van der Waals surface area (Å²) in [7, 11) is 1.03. The maximum Gasteiger partial charge on any atom is 0.390 e. The van der Waals surface area contributed by atoms with Crippen LogP contribution in [0.1, 0.15) is 27.4 Å². The molecule has 1 rings (SSSR count). The number of hydrogen-bond acceptors (Lipinski definition) is 4. The van der Waals surface area contributed by atoms with Gasteiger partial charge in [-0.3, -0.25) is 4.68 Å². The van der Waals surface area contributed by atoms with E-state index in [2.05, 4.69) is 9.84 Å². The number of ether oxygens (including phenoxy) is 1. The van der Waals surface area contributed by atoms with Crippen LogP contribution in [0.2, 0.25) is 0 Å². The summed E-state index contributed by atoms with van der Waals surface area (Å²) in [5.41, 5.74) is -0.850. The van der Waals surface area contributed by atoms with E-state index in [1.54, 1.807) is 0 Å². The van der Waals surface area contributed by atoms with E-state index in [0.717, 1.165) is 13.2 Å². The van der Waals surface area contributed by atoms with Crippen molar-refractivity contribution in [3.8, 4) is 0 Å². The fourth-order valence-electron chi connectivity index (χ4n) is 1.19. The van der Waals surface area contributed by atoms with Crippen LogP contribution in [0.4, 0.5) is 13.2 Å². The normalized spacial score (nSPS) is 11.3. The zero-order chi connectivity index (χ0) is 13.9. The molecule has 0 aromatic carbocycles. The molecule has 6 nitrogen and oxygen atoms in total. The summed E-state index contributed by atoms with van der Waals surface area (Å²) in [6.07, 6.45) is -5.65. The fourth-order valence-corrected chi connectivity index (χ4v) is 1.19. The summed E-state index contributed by atoms with van der Waals surface area (Å²) >= 11 is 0. The number of carboxylic acids is 1. The van der Waals surface area contributed by atoms with Gasteiger partial charge in [0.2, 0.25) is 0 Å². The zero-order valence-corrected chi connectivity index (χ0v) is 9.19. The molecule has 0 aliphatic carbocycles. The quantitative estimate of drug-likeness (QED) is 0.831. The Morgan fingerprint density at radius 3 is 2.56 bits per heavy atom. The maximum atomic E-state index is 12.0. The van der Waals surface area contributed by atoms with Crippen LogP contribution >= 0.6 is 0 Å². The molecule has 0 bridgehead atoms. The zero-order valence-electron chi connectivity index (χ0n) is 9.19. The van der Waals surface area contributed by atoms with E-state index in [9.17, 15) is 22.8 Å². The Kier molecular flexibility index (Phi) is 3.94. The highest BCUT2D eigenvalue weighted by atomic mass is 19.4. The van der Waals surface area contributed by atoms with Gasteiger partial charge in [0, 0.05) is 6.07 Å². The SMILES string of the molecule is COC(=O)c1cc(C(=O)O)nn1CCC(F)(F)F. The van der Waals surface area contributed by atoms with E-state index in [0.29, 0.717) is 4.68 Å². The molecule has 0 atom stereocenters. The molecule has 0 unspecified atom stereocenters. The number of rotatable bonds is 4. The fraction of sp³-hybridized carbons (Fsp3) is 0.444. The molecule has 100 valence electrons. The Balaban J connectivity index is 3.00. The van der Waals surface area contributed by atoms with E-state index >= 15 is 0 Å². The van der Waals surface area contributed by atoms with Crippen molar-refractivity contribution in [3.63, 3.8) is 0 Å². The molecule has 0 saturated carbocycles. The minimum atomic E-state index is -4.43. The summed E-state index contributed by atoms with van der Waals surface area (Å²) in [5, 5.41) is 12.1. The van der Waals surface area contributed by atoms with Gasteiger partial charge in [0.15, 0.2) is 5.69 Å². The number of nitrogens with zero attached hydrogens (tertiary/aromatic N) is 2. The second-order valence-electron chi connectivity index (χ2n) is 3.30. The Morgan fingerprint density at radius 2 is 2.11 bits per heavy atom. The highest BCUT2D eigenvalue weighted by molar-refractivity contribution is 5.92.